The molecule has 3 rings (SSSR count). The number of imide groups is 1. The summed E-state index contributed by atoms with van der Waals surface area (Å²) >= 11 is 0. The van der Waals surface area contributed by atoms with Gasteiger partial charge in [0.25, 0.3) is 11.8 Å². The van der Waals surface area contributed by atoms with Crippen LogP contribution >= 0.6 is 0 Å². The van der Waals surface area contributed by atoms with Gasteiger partial charge < -0.3 is 26.0 Å². The number of amides is 6. The van der Waals surface area contributed by atoms with E-state index >= 15 is 0 Å². The highest BCUT2D eigenvalue weighted by Gasteiger charge is 2.51. The number of unbranched alkanes of at least 4 members (excludes halogenated alkanes) is 3. The monoisotopic (exact) mass is 625 g/mol. The van der Waals surface area contributed by atoms with Gasteiger partial charge in [0.15, 0.2) is 0 Å². The molecule has 0 radical (unpaired) electrons. The SMILES string of the molecule is Cc1ccc(NC(=O)[C@H](CCCCNC(=O)OC(C)(C)C)NC(=O)C2(C(=O)NCCCCCN3C(=O)C=CC3=O)CCC2)cc1. The van der Waals surface area contributed by atoms with Gasteiger partial charge in [-0.3, -0.25) is 28.9 Å². The van der Waals surface area contributed by atoms with Crippen molar-refractivity contribution in [2.24, 2.45) is 5.41 Å². The van der Waals surface area contributed by atoms with Crippen molar-refractivity contribution in [1.82, 2.24) is 20.9 Å². The van der Waals surface area contributed by atoms with E-state index in [0.29, 0.717) is 76.7 Å². The quantitative estimate of drug-likeness (QED) is 0.124. The molecule has 1 aliphatic carbocycles. The van der Waals surface area contributed by atoms with Crippen LogP contribution in [0.2, 0.25) is 0 Å². The number of carbonyl (C=O) groups is 6. The van der Waals surface area contributed by atoms with Crippen molar-refractivity contribution in [3.8, 4) is 0 Å². The van der Waals surface area contributed by atoms with Gasteiger partial charge in [0.2, 0.25) is 17.7 Å². The molecule has 1 aromatic carbocycles. The lowest BCUT2D eigenvalue weighted by Gasteiger charge is -2.39. The van der Waals surface area contributed by atoms with E-state index in [0.717, 1.165) is 12.0 Å². The second kappa shape index (κ2) is 16.2. The van der Waals surface area contributed by atoms with Crippen LogP contribution in [-0.2, 0) is 28.7 Å². The van der Waals surface area contributed by atoms with Crippen LogP contribution in [0.3, 0.4) is 0 Å². The highest BCUT2D eigenvalue weighted by atomic mass is 16.6. The Kier molecular flexibility index (Phi) is 12.7. The Balaban J connectivity index is 1.51. The molecule has 45 heavy (non-hydrogen) atoms. The van der Waals surface area contributed by atoms with Gasteiger partial charge in [-0.25, -0.2) is 4.79 Å². The van der Waals surface area contributed by atoms with E-state index < -0.39 is 29.1 Å². The van der Waals surface area contributed by atoms with Gasteiger partial charge in [0.1, 0.15) is 17.1 Å². The first-order valence-corrected chi connectivity index (χ1v) is 15.8. The number of rotatable bonds is 16. The fourth-order valence-electron chi connectivity index (χ4n) is 5.09. The Bertz CT molecular complexity index is 1250. The predicted molar refractivity (Wildman–Crippen MR) is 169 cm³/mol. The highest BCUT2D eigenvalue weighted by molar-refractivity contribution is 6.12. The molecule has 6 amide bonds. The summed E-state index contributed by atoms with van der Waals surface area (Å²) in [6, 6.07) is 6.45. The van der Waals surface area contributed by atoms with Crippen LogP contribution in [0.1, 0.15) is 84.1 Å². The Morgan fingerprint density at radius 2 is 1.49 bits per heavy atom. The number of nitrogens with zero attached hydrogens (tertiary/aromatic N) is 1. The summed E-state index contributed by atoms with van der Waals surface area (Å²) in [5.41, 5.74) is -0.198. The fraction of sp³-hybridized carbons (Fsp3) is 0.576. The summed E-state index contributed by atoms with van der Waals surface area (Å²) in [7, 11) is 0. The van der Waals surface area contributed by atoms with Gasteiger partial charge in [-0.1, -0.05) is 24.1 Å². The second-order valence-electron chi connectivity index (χ2n) is 12.7. The molecule has 4 N–H and O–H groups in total. The molecular weight excluding hydrogens is 578 g/mol. The lowest BCUT2D eigenvalue weighted by molar-refractivity contribution is -0.151. The number of anilines is 1. The topological polar surface area (TPSA) is 163 Å². The van der Waals surface area contributed by atoms with Crippen molar-refractivity contribution >= 4 is 41.3 Å². The number of nitrogens with one attached hydrogen (secondary N) is 4. The average molecular weight is 626 g/mol. The molecule has 0 aromatic heterocycles. The zero-order valence-electron chi connectivity index (χ0n) is 26.8. The first kappa shape index (κ1) is 35.3. The minimum Gasteiger partial charge on any atom is -0.444 e. The number of hydrogen-bond acceptors (Lipinski definition) is 7. The Morgan fingerprint density at radius 3 is 2.09 bits per heavy atom. The number of hydrogen-bond donors (Lipinski definition) is 4. The molecule has 0 bridgehead atoms. The molecule has 12 heteroatoms. The summed E-state index contributed by atoms with van der Waals surface area (Å²) in [5.74, 6) is -1.84. The normalized spacial score (nSPS) is 16.0. The van der Waals surface area contributed by atoms with Crippen molar-refractivity contribution in [1.29, 1.82) is 0 Å². The first-order chi connectivity index (χ1) is 21.3. The molecule has 2 aliphatic rings. The van der Waals surface area contributed by atoms with E-state index in [1.54, 1.807) is 32.9 Å². The number of alkyl carbamates (subject to hydrolysis) is 1. The molecule has 0 saturated heterocycles. The summed E-state index contributed by atoms with van der Waals surface area (Å²) in [4.78, 5) is 76.5. The van der Waals surface area contributed by atoms with Crippen LogP contribution < -0.4 is 21.3 Å². The standard InChI is InChI=1S/C33H47N5O7/c1-23-12-14-24(15-13-23)36-28(41)25(11-6-8-21-35-31(44)45-32(2,3)4)37-30(43)33(18-10-19-33)29(42)34-20-7-5-9-22-38-26(39)16-17-27(38)40/h12-17,25H,5-11,18-22H2,1-4H3,(H,34,42)(H,35,44)(H,36,41)(H,37,43)/t25-/m0/s1. The molecule has 0 unspecified atom stereocenters. The molecule has 1 heterocycles. The Morgan fingerprint density at radius 1 is 0.867 bits per heavy atom. The third-order valence-corrected chi connectivity index (χ3v) is 7.85. The lowest BCUT2D eigenvalue weighted by atomic mass is 9.67. The maximum absolute atomic E-state index is 13.6. The average Bonchev–Trinajstić information content (AvgIpc) is 3.25. The molecule has 1 atom stereocenters. The largest absolute Gasteiger partial charge is 0.444 e. The number of benzene rings is 1. The zero-order valence-corrected chi connectivity index (χ0v) is 26.8. The summed E-state index contributed by atoms with van der Waals surface area (Å²) in [5, 5.41) is 11.3. The maximum Gasteiger partial charge on any atom is 0.407 e. The van der Waals surface area contributed by atoms with Crippen LogP contribution in [0, 0.1) is 12.3 Å². The van der Waals surface area contributed by atoms with Crippen molar-refractivity contribution in [2.75, 3.05) is 25.0 Å². The number of ether oxygens (including phenoxy) is 1. The maximum atomic E-state index is 13.6. The van der Waals surface area contributed by atoms with Gasteiger partial charge in [-0.05, 0) is 91.2 Å². The molecule has 1 aromatic rings. The van der Waals surface area contributed by atoms with Crippen LogP contribution in [0.5, 0.6) is 0 Å². The van der Waals surface area contributed by atoms with Crippen molar-refractivity contribution in [2.45, 2.75) is 97.1 Å². The first-order valence-electron chi connectivity index (χ1n) is 15.8. The van der Waals surface area contributed by atoms with Gasteiger partial charge in [0, 0.05) is 37.5 Å². The van der Waals surface area contributed by atoms with E-state index in [9.17, 15) is 28.8 Å². The van der Waals surface area contributed by atoms with Gasteiger partial charge in [-0.2, -0.15) is 0 Å². The van der Waals surface area contributed by atoms with Crippen molar-refractivity contribution < 1.29 is 33.5 Å². The van der Waals surface area contributed by atoms with Crippen LogP contribution in [-0.4, -0.2) is 71.8 Å². The van der Waals surface area contributed by atoms with Crippen LogP contribution in [0.15, 0.2) is 36.4 Å². The number of carbonyl (C=O) groups excluding carboxylic acids is 6. The minimum atomic E-state index is -1.24. The van der Waals surface area contributed by atoms with Crippen molar-refractivity contribution in [3.63, 3.8) is 0 Å². The molecule has 1 fully saturated rings. The molecule has 1 aliphatic heterocycles. The summed E-state index contributed by atoms with van der Waals surface area (Å²) in [6.07, 6.45) is 6.86. The third-order valence-electron chi connectivity index (χ3n) is 7.85. The van der Waals surface area contributed by atoms with Crippen LogP contribution in [0.4, 0.5) is 10.5 Å². The third kappa shape index (κ3) is 10.7. The fourth-order valence-corrected chi connectivity index (χ4v) is 5.09. The lowest BCUT2D eigenvalue weighted by Crippen LogP contribution is -2.58. The van der Waals surface area contributed by atoms with E-state index in [1.807, 2.05) is 19.1 Å². The molecule has 12 nitrogen and oxygen atoms in total. The van der Waals surface area contributed by atoms with E-state index in [1.165, 1.54) is 17.1 Å². The molecule has 0 spiro atoms. The highest BCUT2D eigenvalue weighted by Crippen LogP contribution is 2.41. The van der Waals surface area contributed by atoms with Gasteiger partial charge >= 0.3 is 6.09 Å². The molecular formula is C33H47N5O7. The van der Waals surface area contributed by atoms with E-state index in [-0.39, 0.29) is 23.6 Å². The Hall–Kier alpha value is -4.22. The van der Waals surface area contributed by atoms with Gasteiger partial charge in [0.05, 0.1) is 0 Å². The predicted octanol–water partition coefficient (Wildman–Crippen LogP) is 3.50. The smallest absolute Gasteiger partial charge is 0.407 e. The Labute approximate surface area is 265 Å². The van der Waals surface area contributed by atoms with Crippen molar-refractivity contribution in [3.05, 3.63) is 42.0 Å². The zero-order chi connectivity index (χ0) is 33.0. The minimum absolute atomic E-state index is 0.311. The summed E-state index contributed by atoms with van der Waals surface area (Å²) in [6.45, 7) is 8.33. The molecule has 1 saturated carbocycles. The van der Waals surface area contributed by atoms with Gasteiger partial charge in [-0.15, -0.1) is 0 Å². The number of aryl methyl sites for hydroxylation is 1. The van der Waals surface area contributed by atoms with E-state index in [4.69, 9.17) is 4.74 Å². The molecule has 246 valence electrons. The van der Waals surface area contributed by atoms with Crippen LogP contribution in [0.25, 0.3) is 0 Å². The second-order valence-corrected chi connectivity index (χ2v) is 12.7. The summed E-state index contributed by atoms with van der Waals surface area (Å²) < 4.78 is 5.25. The van der Waals surface area contributed by atoms with E-state index in [2.05, 4.69) is 21.3 Å².